The van der Waals surface area contributed by atoms with E-state index in [1.807, 2.05) is 25.1 Å². The number of hydrogen-bond acceptors (Lipinski definition) is 3. The standard InChI is InChI=1S/C19H15FOS2/c1-13(12-21)19-17(14-5-3-2-4-6-14)11-18(23-19)22-16-9-7-15(20)8-10-16/h2-13H,1H3. The Balaban J connectivity index is 1.97. The minimum Gasteiger partial charge on any atom is -0.303 e. The van der Waals surface area contributed by atoms with Gasteiger partial charge in [0.15, 0.2) is 0 Å². The van der Waals surface area contributed by atoms with Crippen LogP contribution in [0.5, 0.6) is 0 Å². The molecule has 0 fully saturated rings. The number of aldehydes is 1. The number of carbonyl (C=O) groups is 1. The zero-order valence-corrected chi connectivity index (χ0v) is 14.2. The van der Waals surface area contributed by atoms with Gasteiger partial charge in [0.05, 0.1) is 4.21 Å². The smallest absolute Gasteiger partial charge is 0.128 e. The van der Waals surface area contributed by atoms with Crippen molar-refractivity contribution in [2.24, 2.45) is 0 Å². The van der Waals surface area contributed by atoms with Crippen LogP contribution in [-0.4, -0.2) is 6.29 Å². The second-order valence-electron chi connectivity index (χ2n) is 5.19. The van der Waals surface area contributed by atoms with Crippen molar-refractivity contribution in [2.75, 3.05) is 0 Å². The molecular weight excluding hydrogens is 327 g/mol. The van der Waals surface area contributed by atoms with E-state index in [2.05, 4.69) is 18.2 Å². The predicted molar refractivity (Wildman–Crippen MR) is 94.8 cm³/mol. The van der Waals surface area contributed by atoms with Crippen LogP contribution >= 0.6 is 23.1 Å². The summed E-state index contributed by atoms with van der Waals surface area (Å²) in [5.41, 5.74) is 2.21. The van der Waals surface area contributed by atoms with Crippen molar-refractivity contribution in [2.45, 2.75) is 21.9 Å². The van der Waals surface area contributed by atoms with E-state index in [1.165, 1.54) is 12.1 Å². The Morgan fingerprint density at radius 1 is 1.09 bits per heavy atom. The van der Waals surface area contributed by atoms with Crippen LogP contribution in [0.25, 0.3) is 11.1 Å². The van der Waals surface area contributed by atoms with Gasteiger partial charge in [-0.25, -0.2) is 4.39 Å². The molecule has 0 aliphatic heterocycles. The lowest BCUT2D eigenvalue weighted by Gasteiger charge is -2.05. The van der Waals surface area contributed by atoms with E-state index in [1.54, 1.807) is 35.2 Å². The molecule has 0 saturated carbocycles. The zero-order chi connectivity index (χ0) is 16.2. The fourth-order valence-electron chi connectivity index (χ4n) is 2.29. The van der Waals surface area contributed by atoms with E-state index < -0.39 is 0 Å². The number of rotatable bonds is 5. The van der Waals surface area contributed by atoms with Crippen LogP contribution in [0.2, 0.25) is 0 Å². The van der Waals surface area contributed by atoms with Gasteiger partial charge in [0.25, 0.3) is 0 Å². The number of halogens is 1. The predicted octanol–water partition coefficient (Wildman–Crippen LogP) is 6.01. The van der Waals surface area contributed by atoms with Crippen molar-refractivity contribution < 1.29 is 9.18 Å². The highest BCUT2D eigenvalue weighted by atomic mass is 32.2. The Bertz CT molecular complexity index is 794. The number of carbonyl (C=O) groups excluding carboxylic acids is 1. The van der Waals surface area contributed by atoms with Gasteiger partial charge in [-0.1, -0.05) is 49.0 Å². The van der Waals surface area contributed by atoms with Gasteiger partial charge >= 0.3 is 0 Å². The Hall–Kier alpha value is -1.91. The van der Waals surface area contributed by atoms with E-state index in [0.717, 1.165) is 31.4 Å². The van der Waals surface area contributed by atoms with Crippen LogP contribution in [0.15, 0.2) is 69.8 Å². The third-order valence-electron chi connectivity index (χ3n) is 3.47. The molecule has 0 saturated heterocycles. The third kappa shape index (κ3) is 3.71. The minimum atomic E-state index is -0.235. The zero-order valence-electron chi connectivity index (χ0n) is 12.5. The first kappa shape index (κ1) is 16.0. The first-order valence-electron chi connectivity index (χ1n) is 7.25. The topological polar surface area (TPSA) is 17.1 Å². The lowest BCUT2D eigenvalue weighted by atomic mass is 10.0. The SMILES string of the molecule is CC(C=O)c1sc(Sc2ccc(F)cc2)cc1-c1ccccc1. The van der Waals surface area contributed by atoms with Gasteiger partial charge in [-0.15, -0.1) is 11.3 Å². The molecule has 4 heteroatoms. The maximum atomic E-state index is 13.0. The highest BCUT2D eigenvalue weighted by Gasteiger charge is 2.16. The number of hydrogen-bond donors (Lipinski definition) is 0. The van der Waals surface area contributed by atoms with Gasteiger partial charge in [-0.05, 0) is 41.5 Å². The average Bonchev–Trinajstić information content (AvgIpc) is 3.01. The quantitative estimate of drug-likeness (QED) is 0.528. The second kappa shape index (κ2) is 7.11. The molecule has 116 valence electrons. The Morgan fingerprint density at radius 3 is 2.43 bits per heavy atom. The van der Waals surface area contributed by atoms with Crippen LogP contribution in [0.1, 0.15) is 17.7 Å². The minimum absolute atomic E-state index is 0.141. The summed E-state index contributed by atoms with van der Waals surface area (Å²) >= 11 is 3.21. The fraction of sp³-hybridized carbons (Fsp3) is 0.105. The normalized spacial score (nSPS) is 12.1. The maximum Gasteiger partial charge on any atom is 0.128 e. The maximum absolute atomic E-state index is 13.0. The monoisotopic (exact) mass is 342 g/mol. The van der Waals surface area contributed by atoms with Gasteiger partial charge in [0, 0.05) is 15.7 Å². The molecule has 3 rings (SSSR count). The van der Waals surface area contributed by atoms with Crippen LogP contribution in [0.4, 0.5) is 4.39 Å². The van der Waals surface area contributed by atoms with Gasteiger partial charge in [0.2, 0.25) is 0 Å². The lowest BCUT2D eigenvalue weighted by Crippen LogP contribution is -1.92. The van der Waals surface area contributed by atoms with Gasteiger partial charge < -0.3 is 4.79 Å². The first-order valence-corrected chi connectivity index (χ1v) is 8.88. The van der Waals surface area contributed by atoms with Crippen molar-refractivity contribution in [1.82, 2.24) is 0 Å². The van der Waals surface area contributed by atoms with E-state index in [9.17, 15) is 9.18 Å². The third-order valence-corrected chi connectivity index (χ3v) is 5.93. The van der Waals surface area contributed by atoms with Crippen molar-refractivity contribution in [3.63, 3.8) is 0 Å². The number of benzene rings is 2. The molecule has 1 aromatic heterocycles. The van der Waals surface area contributed by atoms with E-state index in [0.29, 0.717) is 0 Å². The summed E-state index contributed by atoms with van der Waals surface area (Å²) < 4.78 is 14.1. The van der Waals surface area contributed by atoms with Crippen LogP contribution < -0.4 is 0 Å². The summed E-state index contributed by atoms with van der Waals surface area (Å²) in [4.78, 5) is 13.3. The molecule has 0 spiro atoms. The molecule has 0 radical (unpaired) electrons. The van der Waals surface area contributed by atoms with Crippen LogP contribution in [0.3, 0.4) is 0 Å². The lowest BCUT2D eigenvalue weighted by molar-refractivity contribution is -0.108. The van der Waals surface area contributed by atoms with Crippen molar-refractivity contribution in [3.05, 3.63) is 71.4 Å². The van der Waals surface area contributed by atoms with E-state index in [4.69, 9.17) is 0 Å². The molecule has 0 aliphatic carbocycles. The molecule has 0 amide bonds. The summed E-state index contributed by atoms with van der Waals surface area (Å²) in [5, 5.41) is 0. The highest BCUT2D eigenvalue weighted by Crippen LogP contribution is 2.42. The van der Waals surface area contributed by atoms with Crippen LogP contribution in [-0.2, 0) is 4.79 Å². The first-order chi connectivity index (χ1) is 11.2. The number of thiophene rings is 1. The largest absolute Gasteiger partial charge is 0.303 e. The van der Waals surface area contributed by atoms with E-state index in [-0.39, 0.29) is 11.7 Å². The molecule has 1 unspecified atom stereocenters. The summed E-state index contributed by atoms with van der Waals surface area (Å²) in [6.45, 7) is 1.91. The summed E-state index contributed by atoms with van der Waals surface area (Å²) in [7, 11) is 0. The highest BCUT2D eigenvalue weighted by molar-refractivity contribution is 8.01. The molecule has 2 aromatic carbocycles. The van der Waals surface area contributed by atoms with Crippen molar-refractivity contribution in [1.29, 1.82) is 0 Å². The Morgan fingerprint density at radius 2 is 1.78 bits per heavy atom. The Kier molecular flexibility index (Phi) is 4.94. The van der Waals surface area contributed by atoms with Crippen molar-refractivity contribution in [3.8, 4) is 11.1 Å². The molecule has 3 aromatic rings. The molecule has 0 N–H and O–H groups in total. The molecular formula is C19H15FOS2. The van der Waals surface area contributed by atoms with Gasteiger partial charge in [-0.3, -0.25) is 0 Å². The average molecular weight is 342 g/mol. The molecule has 0 bridgehead atoms. The van der Waals surface area contributed by atoms with Crippen molar-refractivity contribution >= 4 is 29.4 Å². The van der Waals surface area contributed by atoms with E-state index >= 15 is 0 Å². The molecule has 1 heterocycles. The molecule has 23 heavy (non-hydrogen) atoms. The molecule has 1 nitrogen and oxygen atoms in total. The summed E-state index contributed by atoms with van der Waals surface area (Å²) in [6, 6.07) is 18.6. The second-order valence-corrected chi connectivity index (χ2v) is 7.65. The van der Waals surface area contributed by atoms with Gasteiger partial charge in [0.1, 0.15) is 12.1 Å². The summed E-state index contributed by atoms with van der Waals surface area (Å²) in [6.07, 6.45) is 0.977. The van der Waals surface area contributed by atoms with Crippen LogP contribution in [0, 0.1) is 5.82 Å². The molecule has 1 atom stereocenters. The Labute approximate surface area is 143 Å². The summed E-state index contributed by atoms with van der Waals surface area (Å²) in [5.74, 6) is -0.376. The van der Waals surface area contributed by atoms with Gasteiger partial charge in [-0.2, -0.15) is 0 Å². The molecule has 0 aliphatic rings. The fourth-order valence-corrected chi connectivity index (χ4v) is 4.62.